The normalized spacial score (nSPS) is 15.2. The van der Waals surface area contributed by atoms with E-state index < -0.39 is 41.2 Å². The summed E-state index contributed by atoms with van der Waals surface area (Å²) in [7, 11) is 0. The predicted octanol–water partition coefficient (Wildman–Crippen LogP) is -0.0557. The lowest BCUT2D eigenvalue weighted by molar-refractivity contribution is -0.795. The van der Waals surface area contributed by atoms with E-state index in [1.54, 1.807) is 18.2 Å². The third-order valence-corrected chi connectivity index (χ3v) is 2.33. The van der Waals surface area contributed by atoms with Crippen molar-refractivity contribution in [1.82, 2.24) is 0 Å². The number of nitrogens with zero attached hydrogens (tertiary/aromatic N) is 2. The molecule has 114 valence electrons. The molecule has 0 saturated heterocycles. The Balaban J connectivity index is 3.01. The van der Waals surface area contributed by atoms with Crippen molar-refractivity contribution in [2.45, 2.75) is 18.6 Å². The van der Waals surface area contributed by atoms with Crippen LogP contribution < -0.4 is 0 Å². The summed E-state index contributed by atoms with van der Waals surface area (Å²) < 4.78 is 7.79. The van der Waals surface area contributed by atoms with Gasteiger partial charge in [-0.3, -0.25) is 4.79 Å². The van der Waals surface area contributed by atoms with Crippen molar-refractivity contribution in [3.05, 3.63) is 56.1 Å². The van der Waals surface area contributed by atoms with Crippen LogP contribution in [0.15, 0.2) is 30.3 Å². The molecule has 3 atom stereocenters. The Labute approximate surface area is 119 Å². The summed E-state index contributed by atoms with van der Waals surface area (Å²) in [6, 6.07) is 7.59. The fourth-order valence-electron chi connectivity index (χ4n) is 1.49. The van der Waals surface area contributed by atoms with Crippen LogP contribution in [0.4, 0.5) is 0 Å². The third kappa shape index (κ3) is 5.40. The van der Waals surface area contributed by atoms with E-state index in [9.17, 15) is 25.0 Å². The first kappa shape index (κ1) is 14.7. The molecule has 0 aliphatic carbocycles. The molecule has 1 aromatic carbocycles. The first-order valence-corrected chi connectivity index (χ1v) is 5.61. The third-order valence-electron chi connectivity index (χ3n) is 2.33. The first-order valence-electron chi connectivity index (χ1n) is 6.18. The van der Waals surface area contributed by atoms with Gasteiger partial charge in [-0.1, -0.05) is 30.3 Å². The van der Waals surface area contributed by atoms with Gasteiger partial charge in [0.2, 0.25) is 0 Å². The van der Waals surface area contributed by atoms with Crippen LogP contribution >= 0.6 is 0 Å². The SMILES string of the molecule is [2H]C(C(=O)[C@@H](O[N+](=O)[O-])[C@@H](CO)O[N+](=O)[O-])c1ccccc1. The van der Waals surface area contributed by atoms with Gasteiger partial charge in [-0.05, 0) is 5.56 Å². The highest BCUT2D eigenvalue weighted by Crippen LogP contribution is 2.11. The Morgan fingerprint density at radius 2 is 1.81 bits per heavy atom. The van der Waals surface area contributed by atoms with Gasteiger partial charge in [0.25, 0.3) is 10.2 Å². The highest BCUT2D eigenvalue weighted by molar-refractivity contribution is 5.85. The maximum absolute atomic E-state index is 12.1. The highest BCUT2D eigenvalue weighted by Gasteiger charge is 2.34. The number of aliphatic hydroxyl groups is 1. The van der Waals surface area contributed by atoms with Crippen LogP contribution in [-0.4, -0.2) is 39.9 Å². The van der Waals surface area contributed by atoms with E-state index in [1.165, 1.54) is 12.1 Å². The molecule has 1 aromatic rings. The van der Waals surface area contributed by atoms with E-state index in [1.807, 2.05) is 0 Å². The van der Waals surface area contributed by atoms with Gasteiger partial charge in [0.1, 0.15) is 0 Å². The topological polar surface area (TPSA) is 142 Å². The summed E-state index contributed by atoms with van der Waals surface area (Å²) in [5.41, 5.74) is 0.210. The van der Waals surface area contributed by atoms with Crippen molar-refractivity contribution in [3.63, 3.8) is 0 Å². The highest BCUT2D eigenvalue weighted by atomic mass is 17.0. The monoisotopic (exact) mass is 301 g/mol. The number of hydrogen-bond donors (Lipinski definition) is 1. The maximum Gasteiger partial charge on any atom is 0.295 e. The van der Waals surface area contributed by atoms with Gasteiger partial charge >= 0.3 is 0 Å². The molecule has 0 amide bonds. The van der Waals surface area contributed by atoms with Crippen molar-refractivity contribution in [3.8, 4) is 0 Å². The molecule has 0 saturated carbocycles. The van der Waals surface area contributed by atoms with Crippen LogP contribution in [0.5, 0.6) is 0 Å². The second kappa shape index (κ2) is 7.75. The second-order valence-electron chi connectivity index (χ2n) is 3.76. The molecule has 21 heavy (non-hydrogen) atoms. The van der Waals surface area contributed by atoms with Crippen molar-refractivity contribution < 1.29 is 31.1 Å². The minimum atomic E-state index is -2.10. The largest absolute Gasteiger partial charge is 0.394 e. The van der Waals surface area contributed by atoms with E-state index in [0.29, 0.717) is 0 Å². The molecule has 1 unspecified atom stereocenters. The van der Waals surface area contributed by atoms with Crippen molar-refractivity contribution in [2.75, 3.05) is 6.61 Å². The molecule has 0 aliphatic rings. The first-order chi connectivity index (χ1) is 10.4. The minimum absolute atomic E-state index is 0.210. The maximum atomic E-state index is 12.1. The molecule has 0 bridgehead atoms. The number of aliphatic hydroxyl groups excluding tert-OH is 1. The van der Waals surface area contributed by atoms with Crippen LogP contribution in [-0.2, 0) is 20.9 Å². The zero-order valence-corrected chi connectivity index (χ0v) is 10.5. The van der Waals surface area contributed by atoms with Gasteiger partial charge in [0.15, 0.2) is 18.0 Å². The zero-order valence-electron chi connectivity index (χ0n) is 11.5. The molecular formula is C11H12N2O8. The average molecular weight is 301 g/mol. The molecule has 0 aliphatic heterocycles. The second-order valence-corrected chi connectivity index (χ2v) is 3.76. The quantitative estimate of drug-likeness (QED) is 0.494. The molecule has 0 heterocycles. The molecular weight excluding hydrogens is 288 g/mol. The van der Waals surface area contributed by atoms with Gasteiger partial charge in [-0.2, -0.15) is 0 Å². The van der Waals surface area contributed by atoms with Crippen LogP contribution in [0.25, 0.3) is 0 Å². The summed E-state index contributed by atoms with van der Waals surface area (Å²) in [6.45, 7) is -1.08. The summed E-state index contributed by atoms with van der Waals surface area (Å²) in [5, 5.41) is 27.1. The lowest BCUT2D eigenvalue weighted by Crippen LogP contribution is -2.43. The molecule has 1 rings (SSSR count). The van der Waals surface area contributed by atoms with E-state index in [-0.39, 0.29) is 5.56 Å². The van der Waals surface area contributed by atoms with Crippen molar-refractivity contribution in [1.29, 1.82) is 0 Å². The fraction of sp³-hybridized carbons (Fsp3) is 0.364. The van der Waals surface area contributed by atoms with E-state index in [2.05, 4.69) is 9.68 Å². The summed E-state index contributed by atoms with van der Waals surface area (Å²) in [5.74, 6) is -1.15. The zero-order chi connectivity index (χ0) is 16.7. The van der Waals surface area contributed by atoms with Gasteiger partial charge < -0.3 is 14.8 Å². The van der Waals surface area contributed by atoms with Gasteiger partial charge in [-0.15, -0.1) is 20.2 Å². The Kier molecular flexibility index (Phi) is 5.41. The minimum Gasteiger partial charge on any atom is -0.394 e. The standard InChI is InChI=1S/C11H12N2O8/c14-7-10(20-12(16)17)11(21-13(18)19)9(15)6-8-4-2-1-3-5-8/h1-5,10-11,14H,6-7H2/t10-,11-/m1/s1/i6D/t6?,10-,11-. The summed E-state index contributed by atoms with van der Waals surface area (Å²) >= 11 is 0. The van der Waals surface area contributed by atoms with Crippen molar-refractivity contribution in [2.24, 2.45) is 0 Å². The molecule has 10 nitrogen and oxygen atoms in total. The lowest BCUT2D eigenvalue weighted by atomic mass is 10.0. The van der Waals surface area contributed by atoms with Crippen LogP contribution in [0.1, 0.15) is 6.93 Å². The van der Waals surface area contributed by atoms with Gasteiger partial charge in [0.05, 0.1) is 6.61 Å². The van der Waals surface area contributed by atoms with Crippen molar-refractivity contribution >= 4 is 5.78 Å². The van der Waals surface area contributed by atoms with E-state index in [4.69, 9.17) is 6.48 Å². The molecule has 0 spiro atoms. The smallest absolute Gasteiger partial charge is 0.295 e. The van der Waals surface area contributed by atoms with Gasteiger partial charge in [0, 0.05) is 7.77 Å². The Bertz CT molecular complexity index is 540. The number of rotatable bonds is 9. The Hall–Kier alpha value is -2.75. The fourth-order valence-corrected chi connectivity index (χ4v) is 1.49. The number of benzene rings is 1. The molecule has 0 aromatic heterocycles. The average Bonchev–Trinajstić information content (AvgIpc) is 2.49. The number of hydrogen-bond acceptors (Lipinski definition) is 8. The summed E-state index contributed by atoms with van der Waals surface area (Å²) in [6.07, 6.45) is -5.60. The molecule has 1 N–H and O–H groups in total. The number of carbonyl (C=O) groups is 1. The predicted molar refractivity (Wildman–Crippen MR) is 66.0 cm³/mol. The van der Waals surface area contributed by atoms with E-state index >= 15 is 0 Å². The van der Waals surface area contributed by atoms with Crippen LogP contribution in [0.3, 0.4) is 0 Å². The van der Waals surface area contributed by atoms with Crippen LogP contribution in [0.2, 0.25) is 0 Å². The van der Waals surface area contributed by atoms with Crippen LogP contribution in [0, 0.1) is 20.2 Å². The summed E-state index contributed by atoms with van der Waals surface area (Å²) in [4.78, 5) is 41.0. The lowest BCUT2D eigenvalue weighted by Gasteiger charge is -2.20. The van der Waals surface area contributed by atoms with Gasteiger partial charge in [-0.25, -0.2) is 0 Å². The number of ketones is 1. The molecule has 0 fully saturated rings. The Morgan fingerprint density at radius 3 is 2.29 bits per heavy atom. The molecule has 10 heteroatoms. The van der Waals surface area contributed by atoms with E-state index in [0.717, 1.165) is 0 Å². The number of Topliss-reactive ketones (excluding diaryl/α,β-unsaturated/α-hetero) is 1. The molecule has 0 radical (unpaired) electrons. The Morgan fingerprint density at radius 1 is 1.24 bits per heavy atom. The number of carbonyl (C=O) groups excluding carboxylic acids is 1.